The highest BCUT2D eigenvalue weighted by Crippen LogP contribution is 2.35. The molecule has 13 nitrogen and oxygen atoms in total. The van der Waals surface area contributed by atoms with Crippen molar-refractivity contribution in [3.63, 3.8) is 0 Å². The maximum Gasteiger partial charge on any atom is 0.376 e. The average molecular weight is 715 g/mol. The second-order valence-electron chi connectivity index (χ2n) is 15.3. The number of nitrogens with zero attached hydrogens (tertiary/aromatic N) is 4. The first-order chi connectivity index (χ1) is 24.9. The Hall–Kier alpha value is -4.65. The van der Waals surface area contributed by atoms with Gasteiger partial charge in [-0.25, -0.2) is 9.48 Å². The summed E-state index contributed by atoms with van der Waals surface area (Å²) in [5.41, 5.74) is -1.92. The van der Waals surface area contributed by atoms with Gasteiger partial charge in [-0.2, -0.15) is 0 Å². The number of aliphatic hydroxyl groups is 1. The fraction of sp³-hybridized carbons (Fsp3) is 0.564. The minimum atomic E-state index is -1.45. The van der Waals surface area contributed by atoms with Crippen molar-refractivity contribution in [3.05, 3.63) is 59.9 Å². The molecule has 3 fully saturated rings. The summed E-state index contributed by atoms with van der Waals surface area (Å²) in [7, 11) is 1.14. The van der Waals surface area contributed by atoms with E-state index in [9.17, 15) is 29.1 Å². The van der Waals surface area contributed by atoms with Gasteiger partial charge in [0.1, 0.15) is 23.2 Å². The largest absolute Gasteiger partial charge is 0.463 e. The van der Waals surface area contributed by atoms with Crippen molar-refractivity contribution in [2.45, 2.75) is 120 Å². The van der Waals surface area contributed by atoms with Gasteiger partial charge in [-0.3, -0.25) is 19.2 Å². The van der Waals surface area contributed by atoms with Gasteiger partial charge in [-0.1, -0.05) is 86.9 Å². The van der Waals surface area contributed by atoms with E-state index in [0.717, 1.165) is 56.4 Å². The molecule has 13 heteroatoms. The van der Waals surface area contributed by atoms with Crippen LogP contribution in [0.1, 0.15) is 113 Å². The number of ketones is 1. The van der Waals surface area contributed by atoms with Crippen LogP contribution in [0.2, 0.25) is 0 Å². The smallest absolute Gasteiger partial charge is 0.376 e. The Morgan fingerprint density at radius 3 is 2.37 bits per heavy atom. The van der Waals surface area contributed by atoms with Gasteiger partial charge in [0, 0.05) is 18.5 Å². The van der Waals surface area contributed by atoms with Crippen LogP contribution in [0.15, 0.2) is 48.7 Å². The number of carbonyl (C=O) groups is 5. The number of nitrogens with one attached hydrogen (secondary N) is 2. The quantitative estimate of drug-likeness (QED) is 0.195. The number of hydrogen-bond donors (Lipinski definition) is 3. The summed E-state index contributed by atoms with van der Waals surface area (Å²) in [5.74, 6) is -3.00. The van der Waals surface area contributed by atoms with E-state index in [4.69, 9.17) is 4.74 Å². The van der Waals surface area contributed by atoms with E-state index < -0.39 is 52.8 Å². The third-order valence-corrected chi connectivity index (χ3v) is 11.2. The lowest BCUT2D eigenvalue weighted by atomic mass is 9.78. The number of aromatic nitrogens is 3. The molecule has 1 aliphatic heterocycles. The number of hydrogen-bond acceptors (Lipinski definition) is 9. The Bertz CT molecular complexity index is 1800. The third kappa shape index (κ3) is 7.89. The van der Waals surface area contributed by atoms with E-state index in [-0.39, 0.29) is 37.6 Å². The van der Waals surface area contributed by atoms with Crippen molar-refractivity contribution in [1.82, 2.24) is 30.5 Å². The molecule has 1 aromatic heterocycles. The van der Waals surface area contributed by atoms with E-state index in [2.05, 4.69) is 20.9 Å². The molecule has 2 saturated carbocycles. The number of ether oxygens (including phenoxy) is 1. The lowest BCUT2D eigenvalue weighted by Gasteiger charge is -2.37. The molecular formula is C39H50N6O7. The highest BCUT2D eigenvalue weighted by molar-refractivity contribution is 6.37. The van der Waals surface area contributed by atoms with Crippen LogP contribution in [0.25, 0.3) is 10.8 Å². The van der Waals surface area contributed by atoms with E-state index in [1.54, 1.807) is 30.7 Å². The van der Waals surface area contributed by atoms with E-state index in [1.807, 2.05) is 30.3 Å². The molecule has 3 amide bonds. The molecule has 3 atom stereocenters. The Morgan fingerprint density at radius 2 is 1.67 bits per heavy atom. The molecule has 0 radical (unpaired) electrons. The molecule has 0 unspecified atom stereocenters. The van der Waals surface area contributed by atoms with Crippen LogP contribution in [0.5, 0.6) is 0 Å². The van der Waals surface area contributed by atoms with Gasteiger partial charge in [0.2, 0.25) is 11.8 Å². The van der Waals surface area contributed by atoms with Crippen molar-refractivity contribution in [1.29, 1.82) is 0 Å². The Morgan fingerprint density at radius 1 is 0.981 bits per heavy atom. The molecule has 3 aromatic rings. The first-order valence-corrected chi connectivity index (χ1v) is 18.6. The van der Waals surface area contributed by atoms with Crippen molar-refractivity contribution in [2.75, 3.05) is 13.7 Å². The molecule has 2 heterocycles. The predicted molar refractivity (Wildman–Crippen MR) is 192 cm³/mol. The lowest BCUT2D eigenvalue weighted by molar-refractivity contribution is -0.156. The number of likely N-dealkylation sites (tertiary alicyclic amines) is 1. The van der Waals surface area contributed by atoms with Gasteiger partial charge in [0.25, 0.3) is 11.7 Å². The van der Waals surface area contributed by atoms with Crippen molar-refractivity contribution in [2.24, 2.45) is 5.92 Å². The molecule has 3 N–H and O–H groups in total. The summed E-state index contributed by atoms with van der Waals surface area (Å²) in [6, 6.07) is 10.6. The van der Waals surface area contributed by atoms with Gasteiger partial charge >= 0.3 is 5.97 Å². The number of Topliss-reactive ketones (excluding diaryl/α,β-unsaturated/α-hetero) is 1. The van der Waals surface area contributed by atoms with Gasteiger partial charge in [-0.05, 0) is 61.9 Å². The van der Waals surface area contributed by atoms with E-state index in [0.29, 0.717) is 30.5 Å². The topological polar surface area (TPSA) is 173 Å². The van der Waals surface area contributed by atoms with Crippen LogP contribution >= 0.6 is 0 Å². The highest BCUT2D eigenvalue weighted by atomic mass is 16.5. The summed E-state index contributed by atoms with van der Waals surface area (Å²) < 4.78 is 6.33. The number of fused-ring (bicyclic) bond motifs is 1. The van der Waals surface area contributed by atoms with Crippen LogP contribution in [-0.2, 0) is 29.5 Å². The first kappa shape index (κ1) is 37.1. The summed E-state index contributed by atoms with van der Waals surface area (Å²) in [5, 5.41) is 27.1. The van der Waals surface area contributed by atoms with Gasteiger partial charge < -0.3 is 25.4 Å². The highest BCUT2D eigenvalue weighted by Gasteiger charge is 2.50. The molecule has 1 saturated heterocycles. The monoisotopic (exact) mass is 714 g/mol. The predicted octanol–water partition coefficient (Wildman–Crippen LogP) is 4.13. The second kappa shape index (κ2) is 15.5. The SMILES string of the molecule is COC(=O)C(=O)C1(NC(=O)[C@@H]2C[C@H](n3nncc3C(C)(C)O)CN2C(=O)[C@@H](CC2CCCCC2)NC(=O)c2ccc3ccccc3c2)CCCCC1. The normalized spacial score (nSPS) is 21.3. The Labute approximate surface area is 303 Å². The first-order valence-electron chi connectivity index (χ1n) is 18.6. The van der Waals surface area contributed by atoms with Crippen LogP contribution in [0.3, 0.4) is 0 Å². The van der Waals surface area contributed by atoms with E-state index >= 15 is 0 Å². The summed E-state index contributed by atoms with van der Waals surface area (Å²) >= 11 is 0. The number of esters is 1. The summed E-state index contributed by atoms with van der Waals surface area (Å²) in [6.07, 6.45) is 9.75. The van der Waals surface area contributed by atoms with Crippen molar-refractivity contribution >= 4 is 40.2 Å². The van der Waals surface area contributed by atoms with Crippen LogP contribution in [0, 0.1) is 5.92 Å². The molecule has 0 spiro atoms. The lowest BCUT2D eigenvalue weighted by Crippen LogP contribution is -2.62. The van der Waals surface area contributed by atoms with Crippen LogP contribution in [-0.4, -0.2) is 85.8 Å². The van der Waals surface area contributed by atoms with Crippen molar-refractivity contribution < 1.29 is 33.8 Å². The molecule has 2 aromatic carbocycles. The fourth-order valence-corrected chi connectivity index (χ4v) is 8.36. The zero-order valence-electron chi connectivity index (χ0n) is 30.3. The number of benzene rings is 2. The standard InChI is InChI=1S/C39H50N6O7/c1-38(2,51)32-23-40-43-45(32)29-22-31(35(48)42-39(18-10-5-11-19-39)33(46)37(50)52-3)44(24-29)36(49)30(20-25-12-6-4-7-13-25)41-34(47)28-17-16-26-14-8-9-15-27(26)21-28/h8-9,14-17,21,23,25,29-31,51H,4-7,10-13,18-20,22,24H2,1-3H3,(H,41,47)(H,42,48)/t29-,30+,31-/m0/s1. The number of rotatable bonds is 11. The number of methoxy groups -OCH3 is 1. The van der Waals surface area contributed by atoms with Gasteiger partial charge in [0.05, 0.1) is 25.0 Å². The maximum atomic E-state index is 14.9. The maximum absolute atomic E-state index is 14.9. The molecular weight excluding hydrogens is 664 g/mol. The van der Waals surface area contributed by atoms with Crippen LogP contribution < -0.4 is 10.6 Å². The average Bonchev–Trinajstić information content (AvgIpc) is 3.83. The summed E-state index contributed by atoms with van der Waals surface area (Å²) in [4.78, 5) is 70.6. The molecule has 0 bridgehead atoms. The molecule has 52 heavy (non-hydrogen) atoms. The Balaban J connectivity index is 1.33. The van der Waals surface area contributed by atoms with E-state index in [1.165, 1.54) is 11.1 Å². The molecule has 278 valence electrons. The van der Waals surface area contributed by atoms with Crippen molar-refractivity contribution in [3.8, 4) is 0 Å². The zero-order chi connectivity index (χ0) is 37.0. The van der Waals surface area contributed by atoms with Gasteiger partial charge in [-0.15, -0.1) is 5.10 Å². The Kier molecular flexibility index (Phi) is 11.1. The second-order valence-corrected chi connectivity index (χ2v) is 15.3. The molecule has 6 rings (SSSR count). The van der Waals surface area contributed by atoms with Gasteiger partial charge in [0.15, 0.2) is 0 Å². The minimum absolute atomic E-state index is 0.0499. The minimum Gasteiger partial charge on any atom is -0.463 e. The molecule has 2 aliphatic carbocycles. The number of amides is 3. The zero-order valence-corrected chi connectivity index (χ0v) is 30.3. The number of carbonyl (C=O) groups excluding carboxylic acids is 5. The third-order valence-electron chi connectivity index (χ3n) is 11.2. The molecule has 3 aliphatic rings. The van der Waals surface area contributed by atoms with Crippen LogP contribution in [0.4, 0.5) is 0 Å². The summed E-state index contributed by atoms with van der Waals surface area (Å²) in [6.45, 7) is 3.27. The fourth-order valence-electron chi connectivity index (χ4n) is 8.36.